The van der Waals surface area contributed by atoms with Crippen LogP contribution in [0.5, 0.6) is 5.75 Å². The van der Waals surface area contributed by atoms with Crippen molar-refractivity contribution in [1.29, 1.82) is 0 Å². The highest BCUT2D eigenvalue weighted by Gasteiger charge is 2.28. The minimum Gasteiger partial charge on any atom is -0.491 e. The van der Waals surface area contributed by atoms with Crippen molar-refractivity contribution in [2.24, 2.45) is 0 Å². The van der Waals surface area contributed by atoms with Gasteiger partial charge in [-0.3, -0.25) is 0 Å². The molecule has 1 heterocycles. The summed E-state index contributed by atoms with van der Waals surface area (Å²) in [6.07, 6.45) is 1.74. The van der Waals surface area contributed by atoms with Crippen molar-refractivity contribution in [3.63, 3.8) is 0 Å². The Morgan fingerprint density at radius 1 is 1.07 bits per heavy atom. The van der Waals surface area contributed by atoms with Crippen LogP contribution in [-0.2, 0) is 17.9 Å². The summed E-state index contributed by atoms with van der Waals surface area (Å²) in [6.45, 7) is 6.71. The molecule has 1 aliphatic rings. The van der Waals surface area contributed by atoms with Gasteiger partial charge in [0.25, 0.3) is 0 Å². The molecule has 0 bridgehead atoms. The van der Waals surface area contributed by atoms with Gasteiger partial charge in [0.15, 0.2) is 0 Å². The number of likely N-dealkylation sites (tertiary alicyclic amines) is 1. The van der Waals surface area contributed by atoms with E-state index >= 15 is 0 Å². The van der Waals surface area contributed by atoms with Crippen LogP contribution in [0.25, 0.3) is 0 Å². The lowest BCUT2D eigenvalue weighted by molar-refractivity contribution is 0.0604. The van der Waals surface area contributed by atoms with Gasteiger partial charge in [-0.25, -0.2) is 4.79 Å². The molecule has 1 fully saturated rings. The average Bonchev–Trinajstić information content (AvgIpc) is 2.73. The largest absolute Gasteiger partial charge is 0.491 e. The van der Waals surface area contributed by atoms with Gasteiger partial charge in [0.05, 0.1) is 6.10 Å². The Labute approximate surface area is 184 Å². The molecule has 1 aliphatic heterocycles. The monoisotopic (exact) mass is 430 g/mol. The normalized spacial score (nSPS) is 15.2. The Morgan fingerprint density at radius 2 is 1.67 bits per heavy atom. The lowest BCUT2D eigenvalue weighted by Crippen LogP contribution is -2.46. The Balaban J connectivity index is 1.64. The zero-order chi connectivity index (χ0) is 21.5. The summed E-state index contributed by atoms with van der Waals surface area (Å²) in [4.78, 5) is 17.2. The van der Waals surface area contributed by atoms with Gasteiger partial charge in [0.2, 0.25) is 0 Å². The summed E-state index contributed by atoms with van der Waals surface area (Å²) in [5.74, 6) is 0.816. The second kappa shape index (κ2) is 10.7. The first-order chi connectivity index (χ1) is 14.4. The number of benzene rings is 2. The van der Waals surface area contributed by atoms with Gasteiger partial charge in [-0.05, 0) is 82.2 Å². The lowest BCUT2D eigenvalue weighted by Gasteiger charge is -2.36. The van der Waals surface area contributed by atoms with Crippen molar-refractivity contribution < 1.29 is 14.3 Å². The number of rotatable bonds is 7. The quantitative estimate of drug-likeness (QED) is 0.593. The van der Waals surface area contributed by atoms with Gasteiger partial charge in [-0.2, -0.15) is 0 Å². The highest BCUT2D eigenvalue weighted by atomic mass is 35.5. The Bertz CT molecular complexity index is 800. The summed E-state index contributed by atoms with van der Waals surface area (Å²) in [5, 5.41) is 0.692. The van der Waals surface area contributed by atoms with Crippen LogP contribution in [-0.4, -0.2) is 48.2 Å². The summed E-state index contributed by atoms with van der Waals surface area (Å²) >= 11 is 6.01. The minimum atomic E-state index is -0.276. The number of hydrogen-bond donors (Lipinski definition) is 0. The molecular formula is C24H31ClN2O3. The summed E-state index contributed by atoms with van der Waals surface area (Å²) in [6, 6.07) is 15.5. The smallest absolute Gasteiger partial charge is 0.410 e. The molecule has 0 aromatic heterocycles. The van der Waals surface area contributed by atoms with Gasteiger partial charge >= 0.3 is 6.09 Å². The molecule has 0 atom stereocenters. The predicted molar refractivity (Wildman–Crippen MR) is 120 cm³/mol. The molecule has 3 rings (SSSR count). The van der Waals surface area contributed by atoms with Crippen molar-refractivity contribution in [2.45, 2.75) is 52.0 Å². The molecule has 0 saturated carbocycles. The fraction of sp³-hybridized carbons (Fsp3) is 0.458. The number of piperidine rings is 1. The summed E-state index contributed by atoms with van der Waals surface area (Å²) < 4.78 is 11.4. The first kappa shape index (κ1) is 22.4. The van der Waals surface area contributed by atoms with Crippen LogP contribution in [0.15, 0.2) is 48.5 Å². The van der Waals surface area contributed by atoms with Crippen LogP contribution in [0, 0.1) is 0 Å². The number of amides is 1. The predicted octanol–water partition coefficient (Wildman–Crippen LogP) is 5.36. The standard InChI is InChI=1S/C24H31ClN2O3/c1-18(2)30-23-10-6-20(7-11-23)17-29-24(28)27(22-12-14-26(3)15-13-22)16-19-4-8-21(25)9-5-19/h4-11,18,22H,12-17H2,1-3H3. The number of hydrogen-bond acceptors (Lipinski definition) is 4. The van der Waals surface area contributed by atoms with E-state index in [1.54, 1.807) is 0 Å². The summed E-state index contributed by atoms with van der Waals surface area (Å²) in [7, 11) is 2.12. The van der Waals surface area contributed by atoms with Crippen molar-refractivity contribution in [3.8, 4) is 5.75 Å². The maximum Gasteiger partial charge on any atom is 0.410 e. The lowest BCUT2D eigenvalue weighted by atomic mass is 10.0. The van der Waals surface area contributed by atoms with E-state index in [1.807, 2.05) is 67.3 Å². The van der Waals surface area contributed by atoms with Crippen LogP contribution in [0.2, 0.25) is 5.02 Å². The molecule has 6 heteroatoms. The van der Waals surface area contributed by atoms with Crippen molar-refractivity contribution in [1.82, 2.24) is 9.80 Å². The number of carbonyl (C=O) groups is 1. The second-order valence-electron chi connectivity index (χ2n) is 8.15. The average molecular weight is 431 g/mol. The SMILES string of the molecule is CC(C)Oc1ccc(COC(=O)N(Cc2ccc(Cl)cc2)C2CCN(C)CC2)cc1. The molecule has 5 nitrogen and oxygen atoms in total. The molecular weight excluding hydrogens is 400 g/mol. The third kappa shape index (κ3) is 6.64. The first-order valence-electron chi connectivity index (χ1n) is 10.5. The molecule has 0 aliphatic carbocycles. The van der Waals surface area contributed by atoms with Gasteiger partial charge < -0.3 is 19.3 Å². The summed E-state index contributed by atoms with van der Waals surface area (Å²) in [5.41, 5.74) is 1.99. The van der Waals surface area contributed by atoms with Gasteiger partial charge in [0, 0.05) is 17.6 Å². The highest BCUT2D eigenvalue weighted by Crippen LogP contribution is 2.21. The molecule has 0 spiro atoms. The third-order valence-corrected chi connectivity index (χ3v) is 5.54. The highest BCUT2D eigenvalue weighted by molar-refractivity contribution is 6.30. The van der Waals surface area contributed by atoms with E-state index in [2.05, 4.69) is 11.9 Å². The maximum atomic E-state index is 13.0. The van der Waals surface area contributed by atoms with E-state index in [0.29, 0.717) is 11.6 Å². The van der Waals surface area contributed by atoms with Crippen LogP contribution in [0.1, 0.15) is 37.8 Å². The van der Waals surface area contributed by atoms with Gasteiger partial charge in [-0.1, -0.05) is 35.9 Å². The number of ether oxygens (including phenoxy) is 2. The van der Waals surface area contributed by atoms with E-state index in [1.165, 1.54) is 0 Å². The van der Waals surface area contributed by atoms with E-state index in [9.17, 15) is 4.79 Å². The molecule has 162 valence electrons. The Kier molecular flexibility index (Phi) is 8.00. The zero-order valence-corrected chi connectivity index (χ0v) is 18.8. The molecule has 1 amide bonds. The molecule has 1 saturated heterocycles. The van der Waals surface area contributed by atoms with Crippen LogP contribution < -0.4 is 4.74 Å². The van der Waals surface area contributed by atoms with Gasteiger partial charge in [0.1, 0.15) is 12.4 Å². The Morgan fingerprint density at radius 3 is 2.27 bits per heavy atom. The van der Waals surface area contributed by atoms with Gasteiger partial charge in [-0.15, -0.1) is 0 Å². The van der Waals surface area contributed by atoms with Crippen molar-refractivity contribution in [3.05, 3.63) is 64.7 Å². The number of carbonyl (C=O) groups excluding carboxylic acids is 1. The minimum absolute atomic E-state index is 0.129. The second-order valence-corrected chi connectivity index (χ2v) is 8.59. The maximum absolute atomic E-state index is 13.0. The van der Waals surface area contributed by atoms with Crippen LogP contribution >= 0.6 is 11.6 Å². The molecule has 2 aromatic carbocycles. The topological polar surface area (TPSA) is 42.0 Å². The first-order valence-corrected chi connectivity index (χ1v) is 10.9. The molecule has 0 radical (unpaired) electrons. The molecule has 2 aromatic rings. The fourth-order valence-corrected chi connectivity index (χ4v) is 3.73. The number of halogens is 1. The van der Waals surface area contributed by atoms with Crippen molar-refractivity contribution >= 4 is 17.7 Å². The van der Waals surface area contributed by atoms with Crippen LogP contribution in [0.3, 0.4) is 0 Å². The fourth-order valence-electron chi connectivity index (χ4n) is 3.60. The third-order valence-electron chi connectivity index (χ3n) is 5.29. The van der Waals surface area contributed by atoms with E-state index in [4.69, 9.17) is 21.1 Å². The van der Waals surface area contributed by atoms with Crippen LogP contribution in [0.4, 0.5) is 4.79 Å². The van der Waals surface area contributed by atoms with E-state index < -0.39 is 0 Å². The molecule has 30 heavy (non-hydrogen) atoms. The zero-order valence-electron chi connectivity index (χ0n) is 18.0. The number of nitrogens with zero attached hydrogens (tertiary/aromatic N) is 2. The van der Waals surface area contributed by atoms with Crippen molar-refractivity contribution in [2.75, 3.05) is 20.1 Å². The van der Waals surface area contributed by atoms with E-state index in [0.717, 1.165) is 42.8 Å². The molecule has 0 unspecified atom stereocenters. The van der Waals surface area contributed by atoms with E-state index in [-0.39, 0.29) is 24.8 Å². The molecule has 0 N–H and O–H groups in total. The Hall–Kier alpha value is -2.24.